The van der Waals surface area contributed by atoms with E-state index < -0.39 is 0 Å². The zero-order chi connectivity index (χ0) is 13.9. The van der Waals surface area contributed by atoms with Gasteiger partial charge in [-0.3, -0.25) is 0 Å². The fourth-order valence-corrected chi connectivity index (χ4v) is 2.07. The van der Waals surface area contributed by atoms with Gasteiger partial charge in [0, 0.05) is 5.02 Å². The van der Waals surface area contributed by atoms with E-state index in [1.165, 1.54) is 38.8 Å². The van der Waals surface area contributed by atoms with Crippen LogP contribution >= 0.6 is 11.6 Å². The van der Waals surface area contributed by atoms with Crippen LogP contribution in [0.15, 0.2) is 18.2 Å². The minimum Gasteiger partial charge on any atom is -0.494 e. The van der Waals surface area contributed by atoms with Crippen LogP contribution in [0.25, 0.3) is 0 Å². The zero-order valence-corrected chi connectivity index (χ0v) is 13.0. The molecule has 0 radical (unpaired) electrons. The zero-order valence-electron chi connectivity index (χ0n) is 12.3. The average Bonchev–Trinajstić information content (AvgIpc) is 2.41. The number of quaternary nitrogens is 1. The first kappa shape index (κ1) is 16.3. The maximum Gasteiger partial charge on any atom is 0.119 e. The summed E-state index contributed by atoms with van der Waals surface area (Å²) in [6.45, 7) is 7.57. The molecule has 0 bridgehead atoms. The van der Waals surface area contributed by atoms with Crippen molar-refractivity contribution in [3.8, 4) is 5.75 Å². The Kier molecular flexibility index (Phi) is 8.68. The molecule has 1 rings (SSSR count). The van der Waals surface area contributed by atoms with Crippen molar-refractivity contribution in [3.63, 3.8) is 0 Å². The first-order valence-electron chi connectivity index (χ1n) is 7.44. The van der Waals surface area contributed by atoms with E-state index in [1.807, 2.05) is 25.1 Å². The summed E-state index contributed by atoms with van der Waals surface area (Å²) in [6.07, 6.45) is 6.29. The number of rotatable bonds is 10. The molecular weight excluding hydrogens is 258 g/mol. The summed E-state index contributed by atoms with van der Waals surface area (Å²) in [5.41, 5.74) is 1.07. The Hall–Kier alpha value is -0.730. The molecule has 19 heavy (non-hydrogen) atoms. The quantitative estimate of drug-likeness (QED) is 0.653. The number of nitrogens with two attached hydrogens (primary N) is 1. The molecule has 0 saturated heterocycles. The third kappa shape index (κ3) is 7.44. The van der Waals surface area contributed by atoms with E-state index in [-0.39, 0.29) is 0 Å². The van der Waals surface area contributed by atoms with E-state index in [0.29, 0.717) is 0 Å². The van der Waals surface area contributed by atoms with Crippen LogP contribution in [0.4, 0.5) is 0 Å². The molecule has 3 heteroatoms. The van der Waals surface area contributed by atoms with E-state index in [2.05, 4.69) is 12.2 Å². The third-order valence-electron chi connectivity index (χ3n) is 3.21. The van der Waals surface area contributed by atoms with Gasteiger partial charge in [-0.15, -0.1) is 0 Å². The molecule has 1 aromatic carbocycles. The molecular formula is C16H27ClNO+. The number of hydrogen-bond acceptors (Lipinski definition) is 1. The topological polar surface area (TPSA) is 25.8 Å². The molecule has 0 amide bonds. The molecule has 108 valence electrons. The molecule has 0 fully saturated rings. The van der Waals surface area contributed by atoms with Crippen molar-refractivity contribution >= 4 is 11.6 Å². The summed E-state index contributed by atoms with van der Waals surface area (Å²) in [5.74, 6) is 0.927. The van der Waals surface area contributed by atoms with E-state index in [9.17, 15) is 0 Å². The van der Waals surface area contributed by atoms with Crippen LogP contribution in [0, 0.1) is 6.92 Å². The van der Waals surface area contributed by atoms with Crippen molar-refractivity contribution in [2.45, 2.75) is 46.0 Å². The number of aryl methyl sites for hydroxylation is 1. The van der Waals surface area contributed by atoms with Crippen molar-refractivity contribution in [1.29, 1.82) is 0 Å². The SMILES string of the molecule is CCCC[NH2+]CCCCCOc1ccc(Cl)c(C)c1. The Morgan fingerprint density at radius 3 is 2.63 bits per heavy atom. The molecule has 0 atom stereocenters. The second-order valence-electron chi connectivity index (χ2n) is 5.04. The van der Waals surface area contributed by atoms with Crippen molar-refractivity contribution in [2.75, 3.05) is 19.7 Å². The molecule has 0 aliphatic rings. The highest BCUT2D eigenvalue weighted by Gasteiger charge is 1.98. The maximum absolute atomic E-state index is 5.98. The summed E-state index contributed by atoms with van der Waals surface area (Å²) in [4.78, 5) is 0. The van der Waals surface area contributed by atoms with Gasteiger partial charge < -0.3 is 10.1 Å². The van der Waals surface area contributed by atoms with Crippen molar-refractivity contribution in [3.05, 3.63) is 28.8 Å². The molecule has 0 saturated carbocycles. The lowest BCUT2D eigenvalue weighted by molar-refractivity contribution is -0.655. The van der Waals surface area contributed by atoms with Gasteiger partial charge in [0.05, 0.1) is 19.7 Å². The monoisotopic (exact) mass is 284 g/mol. The first-order valence-corrected chi connectivity index (χ1v) is 7.82. The summed E-state index contributed by atoms with van der Waals surface area (Å²) >= 11 is 5.98. The summed E-state index contributed by atoms with van der Waals surface area (Å²) in [6, 6.07) is 5.84. The van der Waals surface area contributed by atoms with Gasteiger partial charge in [-0.2, -0.15) is 0 Å². The lowest BCUT2D eigenvalue weighted by Gasteiger charge is -2.07. The van der Waals surface area contributed by atoms with Crippen LogP contribution in [0.1, 0.15) is 44.6 Å². The minimum atomic E-state index is 0.801. The van der Waals surface area contributed by atoms with Gasteiger partial charge in [-0.1, -0.05) is 24.9 Å². The van der Waals surface area contributed by atoms with E-state index in [0.717, 1.165) is 29.4 Å². The van der Waals surface area contributed by atoms with Crippen LogP contribution in [0.3, 0.4) is 0 Å². The number of benzene rings is 1. The predicted octanol–water partition coefficient (Wildman–Crippen LogP) is 3.56. The summed E-state index contributed by atoms with van der Waals surface area (Å²) < 4.78 is 5.72. The molecule has 0 aliphatic heterocycles. The fourth-order valence-electron chi connectivity index (χ4n) is 1.96. The average molecular weight is 285 g/mol. The normalized spacial score (nSPS) is 10.7. The Bertz CT molecular complexity index is 355. The largest absolute Gasteiger partial charge is 0.494 e. The van der Waals surface area contributed by atoms with Gasteiger partial charge in [-0.05, 0) is 56.4 Å². The number of halogens is 1. The Morgan fingerprint density at radius 1 is 1.11 bits per heavy atom. The lowest BCUT2D eigenvalue weighted by atomic mass is 10.2. The molecule has 1 aromatic rings. The van der Waals surface area contributed by atoms with Crippen LogP contribution < -0.4 is 10.1 Å². The highest BCUT2D eigenvalue weighted by atomic mass is 35.5. The van der Waals surface area contributed by atoms with Crippen LogP contribution in [-0.2, 0) is 0 Å². The van der Waals surface area contributed by atoms with Gasteiger partial charge in [0.15, 0.2) is 0 Å². The van der Waals surface area contributed by atoms with Crippen molar-refractivity contribution in [1.82, 2.24) is 0 Å². The molecule has 0 aromatic heterocycles. The van der Waals surface area contributed by atoms with Gasteiger partial charge in [-0.25, -0.2) is 0 Å². The molecule has 2 N–H and O–H groups in total. The van der Waals surface area contributed by atoms with Crippen LogP contribution in [-0.4, -0.2) is 19.7 Å². The number of ether oxygens (including phenoxy) is 1. The second kappa shape index (κ2) is 10.1. The Morgan fingerprint density at radius 2 is 1.89 bits per heavy atom. The van der Waals surface area contributed by atoms with Crippen molar-refractivity contribution in [2.24, 2.45) is 0 Å². The smallest absolute Gasteiger partial charge is 0.119 e. The number of unbranched alkanes of at least 4 members (excludes halogenated alkanes) is 3. The third-order valence-corrected chi connectivity index (χ3v) is 3.64. The summed E-state index contributed by atoms with van der Waals surface area (Å²) in [5, 5.41) is 3.22. The molecule has 0 spiro atoms. The van der Waals surface area contributed by atoms with Crippen LogP contribution in [0.5, 0.6) is 5.75 Å². The highest BCUT2D eigenvalue weighted by Crippen LogP contribution is 2.21. The maximum atomic E-state index is 5.98. The molecule has 0 aliphatic carbocycles. The first-order chi connectivity index (χ1) is 9.24. The van der Waals surface area contributed by atoms with Gasteiger partial charge >= 0.3 is 0 Å². The molecule has 2 nitrogen and oxygen atoms in total. The predicted molar refractivity (Wildman–Crippen MR) is 82.1 cm³/mol. The number of hydrogen-bond donors (Lipinski definition) is 1. The van der Waals surface area contributed by atoms with Gasteiger partial charge in [0.25, 0.3) is 0 Å². The van der Waals surface area contributed by atoms with E-state index >= 15 is 0 Å². The van der Waals surface area contributed by atoms with E-state index in [4.69, 9.17) is 16.3 Å². The molecule has 0 heterocycles. The Balaban J connectivity index is 2.00. The van der Waals surface area contributed by atoms with Gasteiger partial charge in [0.1, 0.15) is 5.75 Å². The fraction of sp³-hybridized carbons (Fsp3) is 0.625. The minimum absolute atomic E-state index is 0.801. The summed E-state index contributed by atoms with van der Waals surface area (Å²) in [7, 11) is 0. The Labute approximate surface area is 122 Å². The second-order valence-corrected chi connectivity index (χ2v) is 5.45. The van der Waals surface area contributed by atoms with Crippen LogP contribution in [0.2, 0.25) is 5.02 Å². The molecule has 0 unspecified atom stereocenters. The lowest BCUT2D eigenvalue weighted by Crippen LogP contribution is -2.84. The highest BCUT2D eigenvalue weighted by molar-refractivity contribution is 6.31. The van der Waals surface area contributed by atoms with Crippen molar-refractivity contribution < 1.29 is 10.1 Å². The standard InChI is InChI=1S/C16H26ClNO/c1-3-4-10-18-11-6-5-7-12-19-15-8-9-16(17)14(2)13-15/h8-9,13,18H,3-7,10-12H2,1-2H3/p+1. The van der Waals surface area contributed by atoms with E-state index in [1.54, 1.807) is 0 Å². The van der Waals surface area contributed by atoms with Gasteiger partial charge in [0.2, 0.25) is 0 Å².